The summed E-state index contributed by atoms with van der Waals surface area (Å²) < 4.78 is 0. The van der Waals surface area contributed by atoms with Crippen LogP contribution in [0.2, 0.25) is 0 Å². The quantitative estimate of drug-likeness (QED) is 0.321. The fourth-order valence-corrected chi connectivity index (χ4v) is 8.97. The molecule has 0 fully saturated rings. The maximum atomic E-state index is 7.76. The van der Waals surface area contributed by atoms with Crippen LogP contribution in [0.3, 0.4) is 0 Å². The monoisotopic (exact) mass is 384 g/mol. The molecule has 0 aliphatic heterocycles. The molecule has 0 spiro atoms. The molecule has 27 heavy (non-hydrogen) atoms. The number of halogens is 1. The topological polar surface area (TPSA) is 0 Å². The molecule has 0 nitrogen and oxygen atoms in total. The summed E-state index contributed by atoms with van der Waals surface area (Å²) >= 11 is 7.76. The first-order chi connectivity index (χ1) is 13.3. The number of hydrogen-bond acceptors (Lipinski definition) is 0. The molecule has 0 radical (unpaired) electrons. The second kappa shape index (κ2) is 7.95. The van der Waals surface area contributed by atoms with Gasteiger partial charge in [0.15, 0.2) is 0 Å². The minimum absolute atomic E-state index is 0.117. The van der Waals surface area contributed by atoms with Gasteiger partial charge in [-0.05, 0) is 21.5 Å². The molecule has 0 unspecified atom stereocenters. The Bertz CT molecular complexity index is 891. The molecule has 0 heterocycles. The van der Waals surface area contributed by atoms with E-state index in [0.29, 0.717) is 0 Å². The summed E-state index contributed by atoms with van der Waals surface area (Å²) in [5.74, 6) is 0. The third kappa shape index (κ3) is 3.49. The zero-order valence-electron chi connectivity index (χ0n) is 15.0. The van der Waals surface area contributed by atoms with Crippen LogP contribution in [-0.2, 0) is 0 Å². The van der Waals surface area contributed by atoms with Gasteiger partial charge < -0.3 is 0 Å². The van der Waals surface area contributed by atoms with Gasteiger partial charge in [0.05, 0.1) is 0 Å². The molecule has 2 heteroatoms. The third-order valence-corrected chi connectivity index (χ3v) is 10.8. The number of rotatable bonds is 5. The van der Waals surface area contributed by atoms with Gasteiger partial charge in [0.2, 0.25) is 7.38 Å². The maximum Gasteiger partial charge on any atom is 0.229 e. The van der Waals surface area contributed by atoms with Crippen LogP contribution in [-0.4, -0.2) is 7.38 Å². The molecule has 4 aromatic carbocycles. The molecule has 0 amide bonds. The van der Waals surface area contributed by atoms with Crippen molar-refractivity contribution < 1.29 is 0 Å². The van der Waals surface area contributed by atoms with E-state index in [1.54, 1.807) is 0 Å². The maximum absolute atomic E-state index is 7.76. The van der Waals surface area contributed by atoms with E-state index < -0.39 is 7.38 Å². The average Bonchev–Trinajstić information content (AvgIpc) is 2.76. The van der Waals surface area contributed by atoms with E-state index in [0.717, 1.165) is 0 Å². The highest BCUT2D eigenvalue weighted by atomic mass is 35.6. The highest BCUT2D eigenvalue weighted by Crippen LogP contribution is 2.36. The minimum atomic E-state index is -2.64. The van der Waals surface area contributed by atoms with E-state index in [1.165, 1.54) is 21.5 Å². The smallest absolute Gasteiger partial charge is 0.154 e. The fourth-order valence-electron chi connectivity index (χ4n) is 3.80. The highest BCUT2D eigenvalue weighted by molar-refractivity contribution is 7.34. The van der Waals surface area contributed by atoms with Crippen molar-refractivity contribution in [1.82, 2.24) is 0 Å². The van der Waals surface area contributed by atoms with Crippen LogP contribution >= 0.6 is 11.1 Å². The lowest BCUT2D eigenvalue weighted by Crippen LogP contribution is -2.58. The van der Waals surface area contributed by atoms with E-state index in [-0.39, 0.29) is 5.54 Å². The molecular weight excluding hydrogens is 364 g/mol. The zero-order chi connectivity index (χ0) is 18.5. The molecule has 0 saturated carbocycles. The first kappa shape index (κ1) is 17.8. The van der Waals surface area contributed by atoms with Gasteiger partial charge in [0.25, 0.3) is 0 Å². The van der Waals surface area contributed by atoms with Crippen LogP contribution < -0.4 is 10.4 Å². The largest absolute Gasteiger partial charge is 0.229 e. The summed E-state index contributed by atoms with van der Waals surface area (Å²) in [7, 11) is -2.64. The van der Waals surface area contributed by atoms with E-state index in [2.05, 4.69) is 121 Å². The van der Waals surface area contributed by atoms with Crippen LogP contribution in [0, 0.1) is 0 Å². The Kier molecular flexibility index (Phi) is 5.24. The number of benzene rings is 4. The van der Waals surface area contributed by atoms with E-state index in [9.17, 15) is 0 Å². The second-order valence-electron chi connectivity index (χ2n) is 6.70. The SMILES string of the molecule is Cl[Si](c1ccccc1)(c1ccccc1)C(c1ccccc1)c1ccccc1. The second-order valence-corrected chi connectivity index (χ2v) is 11.6. The van der Waals surface area contributed by atoms with Crippen molar-refractivity contribution in [3.8, 4) is 0 Å². The molecular formula is C25H21ClSi. The van der Waals surface area contributed by atoms with Gasteiger partial charge in [-0.1, -0.05) is 121 Å². The van der Waals surface area contributed by atoms with E-state index in [1.807, 2.05) is 0 Å². The van der Waals surface area contributed by atoms with Crippen molar-refractivity contribution in [2.24, 2.45) is 0 Å². The molecule has 0 aliphatic carbocycles. The molecule has 0 saturated heterocycles. The van der Waals surface area contributed by atoms with Crippen LogP contribution in [0.4, 0.5) is 0 Å². The Morgan fingerprint density at radius 3 is 1.07 bits per heavy atom. The van der Waals surface area contributed by atoms with Crippen LogP contribution in [0.25, 0.3) is 0 Å². The Morgan fingerprint density at radius 1 is 0.444 bits per heavy atom. The molecule has 0 atom stereocenters. The lowest BCUT2D eigenvalue weighted by Gasteiger charge is -2.35. The fraction of sp³-hybridized carbons (Fsp3) is 0.0400. The van der Waals surface area contributed by atoms with Gasteiger partial charge >= 0.3 is 0 Å². The molecule has 4 rings (SSSR count). The Hall–Kier alpha value is -2.61. The van der Waals surface area contributed by atoms with Crippen molar-refractivity contribution in [2.45, 2.75) is 5.54 Å². The van der Waals surface area contributed by atoms with Gasteiger partial charge in [0.1, 0.15) is 0 Å². The molecule has 0 bridgehead atoms. The average molecular weight is 385 g/mol. The van der Waals surface area contributed by atoms with Gasteiger partial charge in [0, 0.05) is 5.54 Å². The van der Waals surface area contributed by atoms with Crippen molar-refractivity contribution in [3.63, 3.8) is 0 Å². The standard InChI is InChI=1S/C25H21ClSi/c26-27(23-17-9-3-10-18-23,24-19-11-4-12-20-24)25(21-13-5-1-6-14-21)22-15-7-2-8-16-22/h1-20,25H. The van der Waals surface area contributed by atoms with E-state index in [4.69, 9.17) is 11.1 Å². The van der Waals surface area contributed by atoms with Crippen molar-refractivity contribution in [2.75, 3.05) is 0 Å². The Labute approximate surface area is 166 Å². The molecule has 0 N–H and O–H groups in total. The summed E-state index contributed by atoms with van der Waals surface area (Å²) in [6, 6.07) is 42.6. The predicted octanol–water partition coefficient (Wildman–Crippen LogP) is 5.36. The van der Waals surface area contributed by atoms with Crippen LogP contribution in [0.15, 0.2) is 121 Å². The first-order valence-electron chi connectivity index (χ1n) is 9.20. The van der Waals surface area contributed by atoms with Crippen molar-refractivity contribution >= 4 is 28.8 Å². The minimum Gasteiger partial charge on any atom is -0.154 e. The molecule has 132 valence electrons. The van der Waals surface area contributed by atoms with Gasteiger partial charge in [-0.15, -0.1) is 0 Å². The van der Waals surface area contributed by atoms with Crippen molar-refractivity contribution in [3.05, 3.63) is 132 Å². The summed E-state index contributed by atoms with van der Waals surface area (Å²) in [6.07, 6.45) is 0. The predicted molar refractivity (Wildman–Crippen MR) is 118 cm³/mol. The Balaban J connectivity index is 2.01. The van der Waals surface area contributed by atoms with Crippen molar-refractivity contribution in [1.29, 1.82) is 0 Å². The van der Waals surface area contributed by atoms with Gasteiger partial charge in [-0.25, -0.2) is 0 Å². The zero-order valence-corrected chi connectivity index (χ0v) is 16.8. The highest BCUT2D eigenvalue weighted by Gasteiger charge is 2.45. The first-order valence-corrected chi connectivity index (χ1v) is 12.3. The molecule has 0 aliphatic rings. The molecule has 0 aromatic heterocycles. The lowest BCUT2D eigenvalue weighted by molar-refractivity contribution is 1.11. The molecule has 4 aromatic rings. The summed E-state index contributed by atoms with van der Waals surface area (Å²) in [5, 5.41) is 2.46. The lowest BCUT2D eigenvalue weighted by atomic mass is 10.0. The normalized spacial score (nSPS) is 11.5. The number of hydrogen-bond donors (Lipinski definition) is 0. The van der Waals surface area contributed by atoms with Gasteiger partial charge in [-0.2, -0.15) is 11.1 Å². The summed E-state index contributed by atoms with van der Waals surface area (Å²) in [6.45, 7) is 0. The van der Waals surface area contributed by atoms with Crippen LogP contribution in [0.1, 0.15) is 16.7 Å². The van der Waals surface area contributed by atoms with Gasteiger partial charge in [-0.3, -0.25) is 0 Å². The van der Waals surface area contributed by atoms with E-state index >= 15 is 0 Å². The third-order valence-electron chi connectivity index (χ3n) is 5.05. The summed E-state index contributed by atoms with van der Waals surface area (Å²) in [4.78, 5) is 0. The summed E-state index contributed by atoms with van der Waals surface area (Å²) in [5.41, 5.74) is 2.64. The van der Waals surface area contributed by atoms with Crippen LogP contribution in [0.5, 0.6) is 0 Å². The Morgan fingerprint density at radius 2 is 0.741 bits per heavy atom.